The highest BCUT2D eigenvalue weighted by Gasteiger charge is 2.34. The van der Waals surface area contributed by atoms with Crippen LogP contribution in [0.25, 0.3) is 0 Å². The minimum Gasteiger partial charge on any atom is -0.354 e. The Morgan fingerprint density at radius 3 is 2.15 bits per heavy atom. The Bertz CT molecular complexity index is 1750. The Labute approximate surface area is 282 Å². The molecule has 0 aliphatic rings. The van der Waals surface area contributed by atoms with Gasteiger partial charge in [-0.3, -0.25) is 13.9 Å². The van der Waals surface area contributed by atoms with Crippen molar-refractivity contribution < 1.29 is 18.0 Å². The number of aryl methyl sites for hydroxylation is 2. The minimum absolute atomic E-state index is 0.0142. The molecular formula is C36H39Cl2N3O4S. The number of carbonyl (C=O) groups excluding carboxylic acids is 2. The van der Waals surface area contributed by atoms with Crippen LogP contribution >= 0.6 is 23.2 Å². The van der Waals surface area contributed by atoms with Crippen LogP contribution in [0.15, 0.2) is 102 Å². The van der Waals surface area contributed by atoms with Gasteiger partial charge in [0, 0.05) is 19.5 Å². The van der Waals surface area contributed by atoms with E-state index < -0.39 is 28.5 Å². The third kappa shape index (κ3) is 9.12. The summed E-state index contributed by atoms with van der Waals surface area (Å²) in [5, 5.41) is 3.39. The van der Waals surface area contributed by atoms with Crippen molar-refractivity contribution in [3.8, 4) is 0 Å². The molecule has 4 aromatic carbocycles. The van der Waals surface area contributed by atoms with E-state index in [-0.39, 0.29) is 39.5 Å². The Morgan fingerprint density at radius 1 is 0.804 bits per heavy atom. The predicted octanol–water partition coefficient (Wildman–Crippen LogP) is 7.36. The molecule has 4 aromatic rings. The molecule has 0 bridgehead atoms. The van der Waals surface area contributed by atoms with Gasteiger partial charge < -0.3 is 10.2 Å². The summed E-state index contributed by atoms with van der Waals surface area (Å²) in [7, 11) is -4.25. The van der Waals surface area contributed by atoms with Crippen molar-refractivity contribution in [1.82, 2.24) is 10.2 Å². The first-order chi connectivity index (χ1) is 22.0. The quantitative estimate of drug-likeness (QED) is 0.141. The van der Waals surface area contributed by atoms with Crippen LogP contribution in [-0.2, 0) is 32.6 Å². The van der Waals surface area contributed by atoms with Crippen molar-refractivity contribution >= 4 is 50.7 Å². The molecule has 1 N–H and O–H groups in total. The lowest BCUT2D eigenvalue weighted by Crippen LogP contribution is -2.53. The summed E-state index contributed by atoms with van der Waals surface area (Å²) < 4.78 is 29.4. The minimum atomic E-state index is -4.25. The van der Waals surface area contributed by atoms with E-state index in [1.54, 1.807) is 12.1 Å². The highest BCUT2D eigenvalue weighted by atomic mass is 35.5. The number of anilines is 1. The van der Waals surface area contributed by atoms with Gasteiger partial charge >= 0.3 is 0 Å². The maximum absolute atomic E-state index is 14.5. The molecule has 1 atom stereocenters. The molecule has 4 rings (SSSR count). The van der Waals surface area contributed by atoms with Gasteiger partial charge in [-0.2, -0.15) is 0 Å². The Balaban J connectivity index is 1.81. The van der Waals surface area contributed by atoms with Crippen LogP contribution in [0.2, 0.25) is 10.0 Å². The van der Waals surface area contributed by atoms with Gasteiger partial charge in [0.05, 0.1) is 20.6 Å². The fourth-order valence-corrected chi connectivity index (χ4v) is 6.77. The first kappa shape index (κ1) is 35.0. The molecule has 0 spiro atoms. The zero-order valence-electron chi connectivity index (χ0n) is 26.2. The number of benzene rings is 4. The summed E-state index contributed by atoms with van der Waals surface area (Å²) >= 11 is 12.5. The van der Waals surface area contributed by atoms with E-state index in [0.29, 0.717) is 6.54 Å². The molecule has 242 valence electrons. The first-order valence-electron chi connectivity index (χ1n) is 15.2. The zero-order chi connectivity index (χ0) is 33.3. The highest BCUT2D eigenvalue weighted by molar-refractivity contribution is 7.92. The second kappa shape index (κ2) is 16.1. The maximum Gasteiger partial charge on any atom is 0.264 e. The monoisotopic (exact) mass is 679 g/mol. The third-order valence-corrected chi connectivity index (χ3v) is 10.1. The van der Waals surface area contributed by atoms with Crippen molar-refractivity contribution in [2.45, 2.75) is 57.5 Å². The lowest BCUT2D eigenvalue weighted by molar-refractivity contribution is -0.140. The smallest absolute Gasteiger partial charge is 0.264 e. The summed E-state index contributed by atoms with van der Waals surface area (Å²) in [6.45, 7) is 5.83. The summed E-state index contributed by atoms with van der Waals surface area (Å²) in [6.07, 6.45) is 1.93. The fourth-order valence-electron chi connectivity index (χ4n) is 5.07. The molecule has 0 aliphatic carbocycles. The van der Waals surface area contributed by atoms with Gasteiger partial charge in [0.15, 0.2) is 0 Å². The molecular weight excluding hydrogens is 641 g/mol. The number of unbranched alkanes of at least 4 members (excludes halogenated alkanes) is 1. The number of halogens is 2. The van der Waals surface area contributed by atoms with Crippen LogP contribution in [0.4, 0.5) is 5.69 Å². The van der Waals surface area contributed by atoms with Crippen molar-refractivity contribution in [2.75, 3.05) is 17.4 Å². The van der Waals surface area contributed by atoms with Crippen LogP contribution in [0.3, 0.4) is 0 Å². The van der Waals surface area contributed by atoms with E-state index in [0.717, 1.165) is 39.4 Å². The number of hydrogen-bond donors (Lipinski definition) is 1. The number of carbonyl (C=O) groups is 2. The molecule has 0 saturated heterocycles. The van der Waals surface area contributed by atoms with Gasteiger partial charge in [-0.15, -0.1) is 0 Å². The molecule has 0 aliphatic heterocycles. The van der Waals surface area contributed by atoms with Crippen molar-refractivity contribution in [2.24, 2.45) is 0 Å². The molecule has 0 radical (unpaired) electrons. The van der Waals surface area contributed by atoms with Crippen LogP contribution in [-0.4, -0.2) is 44.3 Å². The molecule has 0 aromatic heterocycles. The van der Waals surface area contributed by atoms with Gasteiger partial charge in [-0.25, -0.2) is 8.42 Å². The molecule has 46 heavy (non-hydrogen) atoms. The van der Waals surface area contributed by atoms with Crippen LogP contribution in [0.5, 0.6) is 0 Å². The average Bonchev–Trinajstić information content (AvgIpc) is 3.03. The molecule has 0 fully saturated rings. The second-order valence-electron chi connectivity index (χ2n) is 11.3. The first-order valence-corrected chi connectivity index (χ1v) is 17.4. The summed E-state index contributed by atoms with van der Waals surface area (Å²) in [5.74, 6) is -0.851. The number of amides is 2. The molecule has 7 nitrogen and oxygen atoms in total. The molecule has 0 saturated carbocycles. The van der Waals surface area contributed by atoms with Crippen molar-refractivity contribution in [1.29, 1.82) is 0 Å². The number of nitrogens with zero attached hydrogens (tertiary/aromatic N) is 2. The lowest BCUT2D eigenvalue weighted by atomic mass is 10.0. The summed E-state index contributed by atoms with van der Waals surface area (Å²) in [5.41, 5.74) is 3.74. The Morgan fingerprint density at radius 2 is 1.50 bits per heavy atom. The highest BCUT2D eigenvalue weighted by Crippen LogP contribution is 2.31. The van der Waals surface area contributed by atoms with Crippen LogP contribution in [0.1, 0.15) is 42.0 Å². The number of nitrogens with one attached hydrogen (secondary N) is 1. The standard InChI is InChI=1S/C36H39Cl2N3O4S/c1-4-5-20-39-36(43)34(22-28-11-7-6-8-12-28)40(24-29-13-9-10-27(3)21-29)35(42)25-41(30-16-19-32(37)33(38)23-30)46(44,45)31-17-14-26(2)15-18-31/h6-19,21,23,34H,4-5,20,22,24-25H2,1-3H3,(H,39,43)/t34-/m0/s1. The van der Waals surface area contributed by atoms with Crippen LogP contribution in [0, 0.1) is 13.8 Å². The van der Waals surface area contributed by atoms with Crippen molar-refractivity contribution in [3.63, 3.8) is 0 Å². The molecule has 2 amide bonds. The maximum atomic E-state index is 14.5. The number of hydrogen-bond acceptors (Lipinski definition) is 4. The van der Waals surface area contributed by atoms with E-state index in [1.807, 2.05) is 75.4 Å². The molecule has 0 unspecified atom stereocenters. The van der Waals surface area contributed by atoms with E-state index in [4.69, 9.17) is 23.2 Å². The summed E-state index contributed by atoms with van der Waals surface area (Å²) in [6, 6.07) is 27.1. The van der Waals surface area contributed by atoms with Gasteiger partial charge in [-0.05, 0) is 61.7 Å². The predicted molar refractivity (Wildman–Crippen MR) is 186 cm³/mol. The number of rotatable bonds is 14. The topological polar surface area (TPSA) is 86.8 Å². The van der Waals surface area contributed by atoms with Gasteiger partial charge in [0.1, 0.15) is 12.6 Å². The lowest BCUT2D eigenvalue weighted by Gasteiger charge is -2.34. The van der Waals surface area contributed by atoms with Gasteiger partial charge in [0.25, 0.3) is 10.0 Å². The zero-order valence-corrected chi connectivity index (χ0v) is 28.6. The van der Waals surface area contributed by atoms with Gasteiger partial charge in [-0.1, -0.05) is 114 Å². The fraction of sp³-hybridized carbons (Fsp3) is 0.278. The molecule has 10 heteroatoms. The van der Waals surface area contributed by atoms with Crippen LogP contribution < -0.4 is 9.62 Å². The normalized spacial score (nSPS) is 11.9. The SMILES string of the molecule is CCCCNC(=O)[C@H](Cc1ccccc1)N(Cc1cccc(C)c1)C(=O)CN(c1ccc(Cl)c(Cl)c1)S(=O)(=O)c1ccc(C)cc1. The third-order valence-electron chi connectivity index (χ3n) is 7.62. The van der Waals surface area contributed by atoms with Crippen molar-refractivity contribution in [3.05, 3.63) is 129 Å². The van der Waals surface area contributed by atoms with E-state index in [2.05, 4.69) is 5.32 Å². The van der Waals surface area contributed by atoms with Gasteiger partial charge in [0.2, 0.25) is 11.8 Å². The van der Waals surface area contributed by atoms with E-state index in [9.17, 15) is 18.0 Å². The Hall–Kier alpha value is -3.85. The van der Waals surface area contributed by atoms with E-state index in [1.165, 1.54) is 35.2 Å². The van der Waals surface area contributed by atoms with E-state index >= 15 is 0 Å². The largest absolute Gasteiger partial charge is 0.354 e. The molecule has 0 heterocycles. The second-order valence-corrected chi connectivity index (χ2v) is 14.0. The Kier molecular flexibility index (Phi) is 12.3. The summed E-state index contributed by atoms with van der Waals surface area (Å²) in [4.78, 5) is 29.9. The average molecular weight is 681 g/mol. The number of sulfonamides is 1.